The average molecular weight is 518 g/mol. The summed E-state index contributed by atoms with van der Waals surface area (Å²) in [4.78, 5) is 27.6. The van der Waals surface area contributed by atoms with E-state index in [1.165, 1.54) is 11.1 Å². The van der Waals surface area contributed by atoms with Gasteiger partial charge in [0.2, 0.25) is 5.91 Å². The smallest absolute Gasteiger partial charge is 0.300 e. The molecule has 208 valence electrons. The first-order chi connectivity index (χ1) is 18.0. The Bertz CT molecular complexity index is 858. The van der Waals surface area contributed by atoms with Crippen molar-refractivity contribution in [2.24, 2.45) is 0 Å². The Hall–Kier alpha value is -3.13. The molecule has 0 radical (unpaired) electrons. The van der Waals surface area contributed by atoms with Crippen molar-refractivity contribution in [1.82, 2.24) is 9.88 Å². The molecular formula is C29H47N3O5. The molecule has 0 spiro atoms. The molecule has 1 aliphatic heterocycles. The van der Waals surface area contributed by atoms with Crippen LogP contribution in [0.15, 0.2) is 42.6 Å². The highest BCUT2D eigenvalue weighted by atomic mass is 16.5. The lowest BCUT2D eigenvalue weighted by atomic mass is 10.0. The molecule has 1 amide bonds. The first-order valence-corrected chi connectivity index (χ1v) is 13.4. The Morgan fingerprint density at radius 2 is 1.78 bits per heavy atom. The van der Waals surface area contributed by atoms with Crippen LogP contribution in [0.2, 0.25) is 0 Å². The second-order valence-electron chi connectivity index (χ2n) is 7.72. The van der Waals surface area contributed by atoms with E-state index in [1.807, 2.05) is 56.9 Å². The number of nitrogens with one attached hydrogen (secondary N) is 1. The van der Waals surface area contributed by atoms with Gasteiger partial charge in [0.25, 0.3) is 5.97 Å². The predicted octanol–water partition coefficient (Wildman–Crippen LogP) is 5.81. The van der Waals surface area contributed by atoms with E-state index in [2.05, 4.69) is 29.4 Å². The zero-order valence-corrected chi connectivity index (χ0v) is 23.6. The minimum absolute atomic E-state index is 0.198. The van der Waals surface area contributed by atoms with Gasteiger partial charge in [0.05, 0.1) is 13.2 Å². The van der Waals surface area contributed by atoms with Crippen molar-refractivity contribution < 1.29 is 24.2 Å². The van der Waals surface area contributed by atoms with Crippen molar-refractivity contribution in [2.75, 3.05) is 38.2 Å². The van der Waals surface area contributed by atoms with Crippen molar-refractivity contribution >= 4 is 17.7 Å². The molecule has 0 fully saturated rings. The van der Waals surface area contributed by atoms with Gasteiger partial charge in [-0.05, 0) is 54.7 Å². The molecule has 8 nitrogen and oxygen atoms in total. The number of rotatable bonds is 11. The van der Waals surface area contributed by atoms with E-state index in [0.717, 1.165) is 50.9 Å². The number of aryl methyl sites for hydroxylation is 1. The molecule has 0 aliphatic carbocycles. The molecule has 2 heterocycles. The van der Waals surface area contributed by atoms with Gasteiger partial charge in [-0.3, -0.25) is 9.59 Å². The number of nitrogens with zero attached hydrogens (tertiary/aromatic N) is 2. The normalized spacial score (nSPS) is 11.7. The largest absolute Gasteiger partial charge is 0.494 e. The van der Waals surface area contributed by atoms with Crippen LogP contribution in [-0.4, -0.2) is 59.8 Å². The van der Waals surface area contributed by atoms with Crippen LogP contribution in [-0.2, 0) is 27.3 Å². The first kappa shape index (κ1) is 33.9. The van der Waals surface area contributed by atoms with Gasteiger partial charge < -0.3 is 24.8 Å². The SMILES string of the molecule is CC.CC.CC(=O)O.CCCOCCN1Cc2cc(OCCCNc3ccccn3)ccc2CCC1=O. The zero-order valence-electron chi connectivity index (χ0n) is 23.6. The second-order valence-corrected chi connectivity index (χ2v) is 7.72. The second kappa shape index (κ2) is 22.1. The summed E-state index contributed by atoms with van der Waals surface area (Å²) in [6.07, 6.45) is 5.00. The van der Waals surface area contributed by atoms with Gasteiger partial charge in [0, 0.05) is 45.8 Å². The summed E-state index contributed by atoms with van der Waals surface area (Å²) in [7, 11) is 0. The molecule has 2 N–H and O–H groups in total. The van der Waals surface area contributed by atoms with Gasteiger partial charge in [-0.2, -0.15) is 0 Å². The van der Waals surface area contributed by atoms with Gasteiger partial charge in [0.15, 0.2) is 0 Å². The number of carbonyl (C=O) groups excluding carboxylic acids is 1. The lowest BCUT2D eigenvalue weighted by Crippen LogP contribution is -2.32. The zero-order chi connectivity index (χ0) is 27.9. The molecule has 0 unspecified atom stereocenters. The number of carbonyl (C=O) groups is 2. The fraction of sp³-hybridized carbons (Fsp3) is 0.552. The van der Waals surface area contributed by atoms with E-state index >= 15 is 0 Å². The van der Waals surface area contributed by atoms with Gasteiger partial charge >= 0.3 is 0 Å². The minimum atomic E-state index is -0.833. The van der Waals surface area contributed by atoms with Crippen molar-refractivity contribution in [3.05, 3.63) is 53.7 Å². The third kappa shape index (κ3) is 15.6. The first-order valence-electron chi connectivity index (χ1n) is 13.4. The minimum Gasteiger partial charge on any atom is -0.494 e. The standard InChI is InChI=1S/C23H31N3O3.C2H4O2.2C2H6/c1-2-14-28-16-13-26-18-20-17-21(9-7-19(20)8-10-23(26)27)29-15-5-12-25-22-6-3-4-11-24-22;1-2(3)4;2*1-2/h3-4,6-7,9,11,17H,2,5,8,10,12-16,18H2,1H3,(H,24,25);1H3,(H,3,4);2*1-2H3. The van der Waals surface area contributed by atoms with Crippen LogP contribution in [0.25, 0.3) is 0 Å². The number of aromatic nitrogens is 1. The molecule has 0 saturated carbocycles. The Morgan fingerprint density at radius 1 is 1.05 bits per heavy atom. The number of carboxylic acids is 1. The van der Waals surface area contributed by atoms with Gasteiger partial charge in [-0.1, -0.05) is 46.8 Å². The van der Waals surface area contributed by atoms with Crippen LogP contribution in [0, 0.1) is 0 Å². The van der Waals surface area contributed by atoms with Crippen LogP contribution in [0.3, 0.4) is 0 Å². The van der Waals surface area contributed by atoms with Crippen LogP contribution >= 0.6 is 0 Å². The van der Waals surface area contributed by atoms with Crippen molar-refractivity contribution in [3.8, 4) is 5.75 Å². The quantitative estimate of drug-likeness (QED) is 0.363. The molecule has 37 heavy (non-hydrogen) atoms. The van der Waals surface area contributed by atoms with E-state index < -0.39 is 5.97 Å². The lowest BCUT2D eigenvalue weighted by molar-refractivity contribution is -0.134. The summed E-state index contributed by atoms with van der Waals surface area (Å²) >= 11 is 0. The number of ether oxygens (including phenoxy) is 2. The molecule has 2 aromatic rings. The maximum absolute atomic E-state index is 12.4. The highest BCUT2D eigenvalue weighted by molar-refractivity contribution is 5.77. The van der Waals surface area contributed by atoms with E-state index in [9.17, 15) is 4.79 Å². The fourth-order valence-electron chi connectivity index (χ4n) is 3.35. The number of hydrogen-bond donors (Lipinski definition) is 2. The summed E-state index contributed by atoms with van der Waals surface area (Å²) in [6, 6.07) is 12.0. The van der Waals surface area contributed by atoms with Gasteiger partial charge in [-0.25, -0.2) is 4.98 Å². The number of amides is 1. The fourth-order valence-corrected chi connectivity index (χ4v) is 3.35. The molecule has 1 aliphatic rings. The Balaban J connectivity index is 0.00000145. The maximum atomic E-state index is 12.4. The summed E-state index contributed by atoms with van der Waals surface area (Å²) in [5.74, 6) is 1.10. The van der Waals surface area contributed by atoms with Gasteiger partial charge in [0.1, 0.15) is 11.6 Å². The van der Waals surface area contributed by atoms with Crippen molar-refractivity contribution in [1.29, 1.82) is 0 Å². The summed E-state index contributed by atoms with van der Waals surface area (Å²) in [6.45, 7) is 15.2. The van der Waals surface area contributed by atoms with Crippen LogP contribution < -0.4 is 10.1 Å². The van der Waals surface area contributed by atoms with E-state index in [1.54, 1.807) is 6.20 Å². The van der Waals surface area contributed by atoms with Crippen LogP contribution in [0.1, 0.15) is 71.9 Å². The number of pyridine rings is 1. The molecule has 0 atom stereocenters. The number of carboxylic acid groups (broad SMARTS) is 1. The summed E-state index contributed by atoms with van der Waals surface area (Å²) in [5.41, 5.74) is 2.41. The molecule has 0 bridgehead atoms. The number of benzene rings is 1. The van der Waals surface area contributed by atoms with E-state index in [-0.39, 0.29) is 5.91 Å². The predicted molar refractivity (Wildman–Crippen MR) is 150 cm³/mol. The van der Waals surface area contributed by atoms with Crippen LogP contribution in [0.4, 0.5) is 5.82 Å². The monoisotopic (exact) mass is 517 g/mol. The van der Waals surface area contributed by atoms with Crippen LogP contribution in [0.5, 0.6) is 5.75 Å². The molecule has 0 saturated heterocycles. The Morgan fingerprint density at radius 3 is 2.43 bits per heavy atom. The number of hydrogen-bond acceptors (Lipinski definition) is 6. The molecular weight excluding hydrogens is 470 g/mol. The van der Waals surface area contributed by atoms with E-state index in [0.29, 0.717) is 32.7 Å². The molecule has 3 rings (SSSR count). The topological polar surface area (TPSA) is 101 Å². The van der Waals surface area contributed by atoms with Crippen molar-refractivity contribution in [3.63, 3.8) is 0 Å². The maximum Gasteiger partial charge on any atom is 0.300 e. The third-order valence-electron chi connectivity index (χ3n) is 4.91. The van der Waals surface area contributed by atoms with Crippen molar-refractivity contribution in [2.45, 2.75) is 73.8 Å². The Kier molecular flexibility index (Phi) is 20.2. The lowest BCUT2D eigenvalue weighted by Gasteiger charge is -2.21. The molecule has 1 aromatic carbocycles. The molecule has 1 aromatic heterocycles. The highest BCUT2D eigenvalue weighted by Crippen LogP contribution is 2.24. The highest BCUT2D eigenvalue weighted by Gasteiger charge is 2.20. The third-order valence-corrected chi connectivity index (χ3v) is 4.91. The Labute approximate surface area is 223 Å². The summed E-state index contributed by atoms with van der Waals surface area (Å²) < 4.78 is 11.5. The average Bonchev–Trinajstić information content (AvgIpc) is 3.07. The molecule has 8 heteroatoms. The van der Waals surface area contributed by atoms with E-state index in [4.69, 9.17) is 19.4 Å². The van der Waals surface area contributed by atoms with Gasteiger partial charge in [-0.15, -0.1) is 0 Å². The number of fused-ring (bicyclic) bond motifs is 1. The summed E-state index contributed by atoms with van der Waals surface area (Å²) in [5, 5.41) is 10.7. The number of anilines is 1. The number of aliphatic carboxylic acids is 1.